The zero-order valence-corrected chi connectivity index (χ0v) is 34.0. The van der Waals surface area contributed by atoms with E-state index in [2.05, 4.69) is 54.5 Å². The Hall–Kier alpha value is -1.72. The lowest BCUT2D eigenvalue weighted by molar-refractivity contribution is -0.374. The molecule has 0 spiro atoms. The lowest BCUT2D eigenvalue weighted by Crippen LogP contribution is -2.67. The second-order valence-corrected chi connectivity index (χ2v) is 20.7. The van der Waals surface area contributed by atoms with Crippen LogP contribution in [0.15, 0.2) is 11.6 Å². The first-order valence-corrected chi connectivity index (χ1v) is 20.8. The largest absolute Gasteiger partial charge is 0.481 e. The maximum Gasteiger partial charge on any atom is 0.335 e. The van der Waals surface area contributed by atoms with E-state index in [0.717, 1.165) is 44.9 Å². The number of aliphatic hydroxyl groups is 6. The summed E-state index contributed by atoms with van der Waals surface area (Å²) >= 11 is 0. The van der Waals surface area contributed by atoms with Crippen LogP contribution in [0.4, 0.5) is 0 Å². The standard InChI is InChI=1S/C42H66O14/c1-37(2)14-16-42(36(51)52)17-15-40(6)20(21(42)18-37)8-9-24-39(5)12-11-25(38(3,4)23(39)10-13-41(24,40)7)54-35-32(29(47)28(46)31(55-35)33(49)50)56-34-30(48)27(45)26(44)22(19-43)53-34/h8,21-32,34-35,43-48H,9-19H2,1-7H3,(H,49,50)(H,51,52)/t21-,22-,23?,24?,25+,26-,27+,28+,29+,30-,31+,32-,34+,35-,39+,40-,41-,42+/m1/s1. The van der Waals surface area contributed by atoms with Crippen LogP contribution in [0.3, 0.4) is 0 Å². The fourth-order valence-corrected chi connectivity index (χ4v) is 13.6. The molecule has 0 bridgehead atoms. The average Bonchev–Trinajstić information content (AvgIpc) is 3.12. The van der Waals surface area contributed by atoms with Gasteiger partial charge in [0.2, 0.25) is 0 Å². The second-order valence-electron chi connectivity index (χ2n) is 20.7. The monoisotopic (exact) mass is 794 g/mol. The van der Waals surface area contributed by atoms with Crippen molar-refractivity contribution in [3.8, 4) is 0 Å². The highest BCUT2D eigenvalue weighted by molar-refractivity contribution is 5.76. The third-order valence-electron chi connectivity index (χ3n) is 17.2. The van der Waals surface area contributed by atoms with Crippen molar-refractivity contribution in [2.24, 2.45) is 50.2 Å². The Balaban J connectivity index is 1.16. The van der Waals surface area contributed by atoms with Gasteiger partial charge in [-0.2, -0.15) is 0 Å². The smallest absolute Gasteiger partial charge is 0.335 e. The van der Waals surface area contributed by atoms with Crippen LogP contribution >= 0.6 is 0 Å². The lowest BCUT2D eigenvalue weighted by Gasteiger charge is -2.71. The van der Waals surface area contributed by atoms with Crippen molar-refractivity contribution >= 4 is 11.9 Å². The predicted octanol–water partition coefficient (Wildman–Crippen LogP) is 2.97. The highest BCUT2D eigenvalue weighted by atomic mass is 16.8. The molecule has 7 rings (SSSR count). The Kier molecular flexibility index (Phi) is 10.8. The van der Waals surface area contributed by atoms with Gasteiger partial charge in [-0.25, -0.2) is 4.79 Å². The average molecular weight is 795 g/mol. The maximum atomic E-state index is 13.1. The first-order chi connectivity index (χ1) is 26.0. The van der Waals surface area contributed by atoms with E-state index < -0.39 is 96.9 Å². The minimum Gasteiger partial charge on any atom is -0.481 e. The Labute approximate surface area is 329 Å². The van der Waals surface area contributed by atoms with Crippen LogP contribution in [0.2, 0.25) is 0 Å². The van der Waals surface area contributed by atoms with Crippen molar-refractivity contribution in [3.05, 3.63) is 11.6 Å². The minimum atomic E-state index is -1.94. The van der Waals surface area contributed by atoms with Crippen LogP contribution in [-0.4, -0.2) is 127 Å². The zero-order chi connectivity index (χ0) is 41.1. The number of ether oxygens (including phenoxy) is 4. The fraction of sp³-hybridized carbons (Fsp3) is 0.905. The number of fused-ring (bicyclic) bond motifs is 7. The van der Waals surface area contributed by atoms with Crippen molar-refractivity contribution in [1.29, 1.82) is 0 Å². The van der Waals surface area contributed by atoms with E-state index in [0.29, 0.717) is 25.2 Å². The Morgan fingerprint density at radius 2 is 1.43 bits per heavy atom. The number of carbonyl (C=O) groups is 2. The van der Waals surface area contributed by atoms with Crippen molar-refractivity contribution in [1.82, 2.24) is 0 Å². The molecule has 6 fully saturated rings. The number of carboxylic acid groups (broad SMARTS) is 2. The first kappa shape index (κ1) is 42.4. The lowest BCUT2D eigenvalue weighted by atomic mass is 9.33. The third-order valence-corrected chi connectivity index (χ3v) is 17.2. The molecule has 2 aliphatic heterocycles. The van der Waals surface area contributed by atoms with Gasteiger partial charge in [-0.3, -0.25) is 4.79 Å². The molecule has 318 valence electrons. The number of hydrogen-bond donors (Lipinski definition) is 8. The van der Waals surface area contributed by atoms with Gasteiger partial charge in [0.1, 0.15) is 42.7 Å². The summed E-state index contributed by atoms with van der Waals surface area (Å²) < 4.78 is 23.9. The molecule has 0 amide bonds. The van der Waals surface area contributed by atoms with E-state index in [9.17, 15) is 50.4 Å². The Bertz CT molecular complexity index is 1560. The molecule has 56 heavy (non-hydrogen) atoms. The van der Waals surface area contributed by atoms with Gasteiger partial charge >= 0.3 is 11.9 Å². The van der Waals surface area contributed by atoms with Crippen LogP contribution < -0.4 is 0 Å². The molecule has 2 unspecified atom stereocenters. The quantitative estimate of drug-likeness (QED) is 0.137. The van der Waals surface area contributed by atoms with Gasteiger partial charge in [0.25, 0.3) is 0 Å². The van der Waals surface area contributed by atoms with Crippen molar-refractivity contribution in [2.45, 2.75) is 180 Å². The number of aliphatic carboxylic acids is 2. The molecule has 5 aliphatic carbocycles. The van der Waals surface area contributed by atoms with Crippen LogP contribution in [-0.2, 0) is 28.5 Å². The van der Waals surface area contributed by atoms with Gasteiger partial charge in [0.05, 0.1) is 18.1 Å². The fourth-order valence-electron chi connectivity index (χ4n) is 13.6. The molecule has 14 heteroatoms. The van der Waals surface area contributed by atoms with Gasteiger partial charge in [-0.15, -0.1) is 0 Å². The summed E-state index contributed by atoms with van der Waals surface area (Å²) in [5.41, 5.74) is -0.0913. The van der Waals surface area contributed by atoms with Gasteiger partial charge < -0.3 is 59.8 Å². The van der Waals surface area contributed by atoms with E-state index >= 15 is 0 Å². The van der Waals surface area contributed by atoms with Crippen LogP contribution in [0.5, 0.6) is 0 Å². The summed E-state index contributed by atoms with van der Waals surface area (Å²) in [6.45, 7) is 15.4. The van der Waals surface area contributed by atoms with Crippen LogP contribution in [0, 0.1) is 50.2 Å². The topological polar surface area (TPSA) is 233 Å². The first-order valence-electron chi connectivity index (χ1n) is 20.8. The molecule has 8 N–H and O–H groups in total. The molecule has 4 saturated carbocycles. The summed E-state index contributed by atoms with van der Waals surface area (Å²) in [4.78, 5) is 25.2. The number of rotatable bonds is 7. The van der Waals surface area contributed by atoms with E-state index in [1.54, 1.807) is 0 Å². The molecule has 0 aromatic heterocycles. The molecule has 2 saturated heterocycles. The molecule has 14 nitrogen and oxygen atoms in total. The minimum absolute atomic E-state index is 0.0171. The SMILES string of the molecule is CC1(C)CC[C@]2(C(=O)O)CC[C@]3(C)C(=CCC4[C@@]5(C)CC[C@H](O[C@@H]6O[C@H](C(=O)O)[C@@H](O)[C@H](O)[C@H]6O[C@@H]6O[C@H](CO)[C@@H](O)[C@H](O)[C@H]6O)C(C)(C)C5CC[C@]43C)[C@H]2C1. The number of hydrogen-bond acceptors (Lipinski definition) is 12. The van der Waals surface area contributed by atoms with Crippen LogP contribution in [0.1, 0.15) is 113 Å². The maximum absolute atomic E-state index is 13.1. The molecular weight excluding hydrogens is 728 g/mol. The van der Waals surface area contributed by atoms with E-state index in [1.807, 2.05) is 0 Å². The van der Waals surface area contributed by atoms with Gasteiger partial charge in [0.15, 0.2) is 18.7 Å². The van der Waals surface area contributed by atoms with Gasteiger partial charge in [-0.05, 0) is 109 Å². The van der Waals surface area contributed by atoms with E-state index in [1.165, 1.54) is 5.57 Å². The van der Waals surface area contributed by atoms with Gasteiger partial charge in [0, 0.05) is 0 Å². The highest BCUT2D eigenvalue weighted by Crippen LogP contribution is 2.76. The summed E-state index contributed by atoms with van der Waals surface area (Å²) in [5, 5.41) is 83.8. The predicted molar refractivity (Wildman–Crippen MR) is 198 cm³/mol. The second kappa shape index (κ2) is 14.2. The Morgan fingerprint density at radius 3 is 2.07 bits per heavy atom. The molecule has 0 aromatic carbocycles. The normalized spacial score (nSPS) is 52.3. The number of carboxylic acids is 2. The van der Waals surface area contributed by atoms with E-state index in [-0.39, 0.29) is 33.5 Å². The number of aliphatic hydroxyl groups excluding tert-OH is 6. The third kappa shape index (κ3) is 6.17. The molecule has 0 radical (unpaired) electrons. The van der Waals surface area contributed by atoms with Crippen LogP contribution in [0.25, 0.3) is 0 Å². The molecule has 7 aliphatic rings. The summed E-state index contributed by atoms with van der Waals surface area (Å²) in [6.07, 6.45) is -6.99. The van der Waals surface area contributed by atoms with Crippen molar-refractivity contribution in [2.75, 3.05) is 6.61 Å². The molecular formula is C42H66O14. The van der Waals surface area contributed by atoms with Crippen molar-refractivity contribution < 1.29 is 69.4 Å². The Morgan fingerprint density at radius 1 is 0.750 bits per heavy atom. The number of allylic oxidation sites excluding steroid dienone is 2. The van der Waals surface area contributed by atoms with Gasteiger partial charge in [-0.1, -0.05) is 60.1 Å². The summed E-state index contributed by atoms with van der Waals surface area (Å²) in [5.74, 6) is -1.66. The zero-order valence-electron chi connectivity index (χ0n) is 34.0. The summed E-state index contributed by atoms with van der Waals surface area (Å²) in [7, 11) is 0. The molecule has 2 heterocycles. The highest BCUT2D eigenvalue weighted by Gasteiger charge is 2.70. The molecule has 0 aromatic rings. The molecule has 18 atom stereocenters. The summed E-state index contributed by atoms with van der Waals surface area (Å²) in [6, 6.07) is 0. The van der Waals surface area contributed by atoms with Crippen molar-refractivity contribution in [3.63, 3.8) is 0 Å². The van der Waals surface area contributed by atoms with E-state index in [4.69, 9.17) is 18.9 Å².